The Morgan fingerprint density at radius 3 is 3.14 bits per heavy atom. The molecule has 1 aliphatic heterocycles. The van der Waals surface area contributed by atoms with Gasteiger partial charge in [0, 0.05) is 23.5 Å². The smallest absolute Gasteiger partial charge is 0.356 e. The van der Waals surface area contributed by atoms with E-state index >= 15 is 0 Å². The predicted molar refractivity (Wildman–Crippen MR) is 78.6 cm³/mol. The Morgan fingerprint density at radius 2 is 2.36 bits per heavy atom. The number of ether oxygens (including phenoxy) is 2. The monoisotopic (exact) mass is 299 g/mol. The molecule has 0 spiro atoms. The Labute approximate surface area is 128 Å². The van der Waals surface area contributed by atoms with Crippen LogP contribution in [0.2, 0.25) is 0 Å². The molecule has 3 heterocycles. The summed E-state index contributed by atoms with van der Waals surface area (Å²) >= 11 is 0. The van der Waals surface area contributed by atoms with Crippen LogP contribution in [0.3, 0.4) is 0 Å². The molecule has 0 N–H and O–H groups in total. The second kappa shape index (κ2) is 5.21. The van der Waals surface area contributed by atoms with Gasteiger partial charge in [0.2, 0.25) is 0 Å². The fourth-order valence-corrected chi connectivity index (χ4v) is 3.00. The van der Waals surface area contributed by atoms with Crippen molar-refractivity contribution in [2.24, 2.45) is 0 Å². The zero-order valence-electron chi connectivity index (χ0n) is 12.4. The van der Waals surface area contributed by atoms with Crippen LogP contribution >= 0.6 is 0 Å². The summed E-state index contributed by atoms with van der Waals surface area (Å²) in [5, 5.41) is 4.68. The molecule has 0 amide bonds. The second-order valence-corrected chi connectivity index (χ2v) is 5.57. The third-order valence-electron chi connectivity index (χ3n) is 4.10. The zero-order chi connectivity index (χ0) is 15.1. The summed E-state index contributed by atoms with van der Waals surface area (Å²) < 4.78 is 12.3. The highest BCUT2D eigenvalue weighted by Gasteiger charge is 2.32. The fraction of sp³-hybridized carbons (Fsp3) is 0.438. The standard InChI is InChI=1S/C16H17N3O3/c1-2-21-16(20)15-13-4-3-10-7-17-6-5-12(10)14(13)18-19(15)8-11-9-22-11/h5-7,11H,2-4,8-9H2,1H3. The van der Waals surface area contributed by atoms with Crippen molar-refractivity contribution < 1.29 is 14.3 Å². The highest BCUT2D eigenvalue weighted by atomic mass is 16.6. The van der Waals surface area contributed by atoms with Crippen LogP contribution in [0.4, 0.5) is 0 Å². The SMILES string of the molecule is CCOC(=O)c1c2c(nn1CC1CO1)-c1ccncc1CC2. The maximum atomic E-state index is 12.4. The Balaban J connectivity index is 1.83. The molecule has 6 heteroatoms. The lowest BCUT2D eigenvalue weighted by molar-refractivity contribution is 0.0510. The molecule has 0 saturated carbocycles. The van der Waals surface area contributed by atoms with Gasteiger partial charge in [-0.05, 0) is 31.4 Å². The minimum Gasteiger partial charge on any atom is -0.461 e. The van der Waals surface area contributed by atoms with Crippen molar-refractivity contribution in [3.63, 3.8) is 0 Å². The summed E-state index contributed by atoms with van der Waals surface area (Å²) in [6.07, 6.45) is 5.46. The van der Waals surface area contributed by atoms with E-state index in [9.17, 15) is 4.79 Å². The number of nitrogens with zero attached hydrogens (tertiary/aromatic N) is 3. The van der Waals surface area contributed by atoms with Gasteiger partial charge < -0.3 is 9.47 Å². The third-order valence-corrected chi connectivity index (χ3v) is 4.10. The van der Waals surface area contributed by atoms with Gasteiger partial charge in [0.15, 0.2) is 0 Å². The van der Waals surface area contributed by atoms with Crippen LogP contribution in [0.15, 0.2) is 18.5 Å². The minimum absolute atomic E-state index is 0.159. The molecule has 22 heavy (non-hydrogen) atoms. The Morgan fingerprint density at radius 1 is 1.50 bits per heavy atom. The van der Waals surface area contributed by atoms with E-state index in [2.05, 4.69) is 10.1 Å². The molecular formula is C16H17N3O3. The zero-order valence-corrected chi connectivity index (χ0v) is 12.4. The van der Waals surface area contributed by atoms with Gasteiger partial charge in [-0.2, -0.15) is 5.10 Å². The molecule has 1 fully saturated rings. The Bertz CT molecular complexity index is 734. The van der Waals surface area contributed by atoms with Crippen molar-refractivity contribution in [2.45, 2.75) is 32.4 Å². The molecule has 0 bridgehead atoms. The first kappa shape index (κ1) is 13.5. The number of carbonyl (C=O) groups is 1. The van der Waals surface area contributed by atoms with Crippen molar-refractivity contribution in [3.05, 3.63) is 35.3 Å². The number of epoxide rings is 1. The average molecular weight is 299 g/mol. The number of hydrogen-bond donors (Lipinski definition) is 0. The molecule has 2 aromatic heterocycles. The topological polar surface area (TPSA) is 69.5 Å². The molecule has 4 rings (SSSR count). The molecular weight excluding hydrogens is 282 g/mol. The Hall–Kier alpha value is -2.21. The number of pyridine rings is 1. The van der Waals surface area contributed by atoms with Gasteiger partial charge in [-0.1, -0.05) is 0 Å². The van der Waals surface area contributed by atoms with Gasteiger partial charge >= 0.3 is 5.97 Å². The second-order valence-electron chi connectivity index (χ2n) is 5.57. The maximum Gasteiger partial charge on any atom is 0.356 e. The molecule has 0 radical (unpaired) electrons. The van der Waals surface area contributed by atoms with Gasteiger partial charge in [0.1, 0.15) is 11.8 Å². The van der Waals surface area contributed by atoms with Gasteiger partial charge in [-0.25, -0.2) is 4.79 Å². The van der Waals surface area contributed by atoms with E-state index in [1.807, 2.05) is 19.2 Å². The van der Waals surface area contributed by atoms with Crippen molar-refractivity contribution in [1.82, 2.24) is 14.8 Å². The lowest BCUT2D eigenvalue weighted by Crippen LogP contribution is -2.17. The normalized spacial score (nSPS) is 18.5. The molecule has 2 aromatic rings. The number of esters is 1. The van der Waals surface area contributed by atoms with Crippen LogP contribution in [0, 0.1) is 0 Å². The molecule has 1 atom stereocenters. The van der Waals surface area contributed by atoms with Crippen molar-refractivity contribution in [2.75, 3.05) is 13.2 Å². The van der Waals surface area contributed by atoms with E-state index in [4.69, 9.17) is 9.47 Å². The van der Waals surface area contributed by atoms with Crippen molar-refractivity contribution in [1.29, 1.82) is 0 Å². The number of aromatic nitrogens is 3. The molecule has 1 unspecified atom stereocenters. The molecule has 2 aliphatic rings. The molecule has 0 aromatic carbocycles. The Kier molecular flexibility index (Phi) is 3.18. The lowest BCUT2D eigenvalue weighted by atomic mass is 9.90. The summed E-state index contributed by atoms with van der Waals surface area (Å²) in [6.45, 7) is 3.50. The first-order valence-corrected chi connectivity index (χ1v) is 7.59. The number of hydrogen-bond acceptors (Lipinski definition) is 5. The number of aryl methyl sites for hydroxylation is 1. The quantitative estimate of drug-likeness (QED) is 0.634. The number of carbonyl (C=O) groups excluding carboxylic acids is 1. The van der Waals surface area contributed by atoms with E-state index in [0.29, 0.717) is 18.8 Å². The van der Waals surface area contributed by atoms with Crippen LogP contribution in [-0.2, 0) is 28.9 Å². The first-order chi connectivity index (χ1) is 10.8. The van der Waals surface area contributed by atoms with Crippen LogP contribution < -0.4 is 0 Å². The molecule has 1 saturated heterocycles. The first-order valence-electron chi connectivity index (χ1n) is 7.59. The van der Waals surface area contributed by atoms with E-state index in [-0.39, 0.29) is 12.1 Å². The van der Waals surface area contributed by atoms with Gasteiger partial charge in [-0.15, -0.1) is 0 Å². The van der Waals surface area contributed by atoms with Gasteiger partial charge in [0.25, 0.3) is 0 Å². The predicted octanol–water partition coefficient (Wildman–Crippen LogP) is 1.62. The highest BCUT2D eigenvalue weighted by molar-refractivity contribution is 5.92. The maximum absolute atomic E-state index is 12.4. The summed E-state index contributed by atoms with van der Waals surface area (Å²) in [5.41, 5.74) is 4.69. The summed E-state index contributed by atoms with van der Waals surface area (Å²) in [5.74, 6) is -0.297. The van der Waals surface area contributed by atoms with Crippen LogP contribution in [-0.4, -0.2) is 40.1 Å². The number of fused-ring (bicyclic) bond motifs is 3. The van der Waals surface area contributed by atoms with Crippen molar-refractivity contribution >= 4 is 5.97 Å². The molecule has 6 nitrogen and oxygen atoms in total. The summed E-state index contributed by atoms with van der Waals surface area (Å²) in [7, 11) is 0. The summed E-state index contributed by atoms with van der Waals surface area (Å²) in [4.78, 5) is 16.6. The van der Waals surface area contributed by atoms with E-state index in [1.54, 1.807) is 10.9 Å². The highest BCUT2D eigenvalue weighted by Crippen LogP contribution is 2.34. The van der Waals surface area contributed by atoms with Crippen molar-refractivity contribution in [3.8, 4) is 11.3 Å². The fourth-order valence-electron chi connectivity index (χ4n) is 3.00. The van der Waals surface area contributed by atoms with Crippen LogP contribution in [0.5, 0.6) is 0 Å². The third kappa shape index (κ3) is 2.20. The largest absolute Gasteiger partial charge is 0.461 e. The lowest BCUT2D eigenvalue weighted by Gasteiger charge is -2.14. The molecule has 1 aliphatic carbocycles. The van der Waals surface area contributed by atoms with Crippen LogP contribution in [0.25, 0.3) is 11.3 Å². The number of rotatable bonds is 4. The van der Waals surface area contributed by atoms with Crippen LogP contribution in [0.1, 0.15) is 28.5 Å². The average Bonchev–Trinajstić information content (AvgIpc) is 3.25. The van der Waals surface area contributed by atoms with E-state index in [1.165, 1.54) is 5.56 Å². The summed E-state index contributed by atoms with van der Waals surface area (Å²) in [6, 6.07) is 1.97. The minimum atomic E-state index is -0.297. The van der Waals surface area contributed by atoms with Gasteiger partial charge in [0.05, 0.1) is 25.5 Å². The van der Waals surface area contributed by atoms with E-state index in [0.717, 1.165) is 36.3 Å². The molecule has 114 valence electrons. The van der Waals surface area contributed by atoms with E-state index < -0.39 is 0 Å². The van der Waals surface area contributed by atoms with Gasteiger partial charge in [-0.3, -0.25) is 9.67 Å².